The van der Waals surface area contributed by atoms with Gasteiger partial charge < -0.3 is 16.4 Å². The second-order valence-electron chi connectivity index (χ2n) is 7.77. The van der Waals surface area contributed by atoms with Gasteiger partial charge in [0.05, 0.1) is 5.41 Å². The summed E-state index contributed by atoms with van der Waals surface area (Å²) in [5, 5.41) is 7.16. The van der Waals surface area contributed by atoms with Crippen molar-refractivity contribution in [3.8, 4) is 0 Å². The SMILES string of the molecule is CCNC(=NCC(C)(C)Cc1cccc(Cl)c1)NCC(C)(C)C(N)=O. The zero-order valence-electron chi connectivity index (χ0n) is 15.9. The molecule has 0 radical (unpaired) electrons. The largest absolute Gasteiger partial charge is 0.369 e. The van der Waals surface area contributed by atoms with E-state index in [9.17, 15) is 4.79 Å². The smallest absolute Gasteiger partial charge is 0.224 e. The number of carbonyl (C=O) groups excluding carboxylic acids is 1. The Morgan fingerprint density at radius 1 is 1.24 bits per heavy atom. The van der Waals surface area contributed by atoms with Crippen LogP contribution in [-0.2, 0) is 11.2 Å². The van der Waals surface area contributed by atoms with Crippen molar-refractivity contribution in [2.45, 2.75) is 41.0 Å². The second kappa shape index (κ2) is 9.09. The monoisotopic (exact) mass is 366 g/mol. The van der Waals surface area contributed by atoms with E-state index in [0.717, 1.165) is 18.0 Å². The molecule has 5 nitrogen and oxygen atoms in total. The minimum atomic E-state index is -0.632. The van der Waals surface area contributed by atoms with Gasteiger partial charge in [0.25, 0.3) is 0 Å². The average Bonchev–Trinajstić information content (AvgIpc) is 2.49. The molecule has 0 fully saturated rings. The number of hydrogen-bond acceptors (Lipinski definition) is 2. The van der Waals surface area contributed by atoms with Crippen molar-refractivity contribution in [3.63, 3.8) is 0 Å². The van der Waals surface area contributed by atoms with Crippen molar-refractivity contribution in [1.82, 2.24) is 10.6 Å². The predicted molar refractivity (Wildman–Crippen MR) is 106 cm³/mol. The Morgan fingerprint density at radius 3 is 2.48 bits per heavy atom. The van der Waals surface area contributed by atoms with Crippen LogP contribution >= 0.6 is 11.6 Å². The number of primary amides is 1. The summed E-state index contributed by atoms with van der Waals surface area (Å²) in [5.74, 6) is 0.355. The fourth-order valence-corrected chi connectivity index (χ4v) is 2.49. The van der Waals surface area contributed by atoms with Crippen LogP contribution in [0.5, 0.6) is 0 Å². The van der Waals surface area contributed by atoms with Crippen molar-refractivity contribution in [2.24, 2.45) is 21.6 Å². The van der Waals surface area contributed by atoms with Crippen LogP contribution in [0.1, 0.15) is 40.2 Å². The maximum atomic E-state index is 11.5. The van der Waals surface area contributed by atoms with Crippen LogP contribution in [0.25, 0.3) is 0 Å². The van der Waals surface area contributed by atoms with Crippen LogP contribution < -0.4 is 16.4 Å². The molecule has 0 aliphatic carbocycles. The molecule has 4 N–H and O–H groups in total. The van der Waals surface area contributed by atoms with E-state index in [2.05, 4.69) is 35.5 Å². The first-order valence-corrected chi connectivity index (χ1v) is 9.00. The standard InChI is InChI=1S/C19H31ClN4O/c1-6-22-17(24-13-19(4,5)16(21)25)23-12-18(2,3)11-14-8-7-9-15(20)10-14/h7-10H,6,11-13H2,1-5H3,(H2,21,25)(H2,22,23,24). The lowest BCUT2D eigenvalue weighted by atomic mass is 9.86. The van der Waals surface area contributed by atoms with Crippen LogP contribution in [0.3, 0.4) is 0 Å². The summed E-state index contributed by atoms with van der Waals surface area (Å²) in [6.07, 6.45) is 0.878. The predicted octanol–water partition coefficient (Wildman–Crippen LogP) is 2.98. The number of halogens is 1. The molecular formula is C19H31ClN4O. The van der Waals surface area contributed by atoms with E-state index in [-0.39, 0.29) is 11.3 Å². The summed E-state index contributed by atoms with van der Waals surface area (Å²) in [4.78, 5) is 16.1. The van der Waals surface area contributed by atoms with Gasteiger partial charge in [-0.2, -0.15) is 0 Å². The summed E-state index contributed by atoms with van der Waals surface area (Å²) >= 11 is 6.07. The number of hydrogen-bond donors (Lipinski definition) is 3. The van der Waals surface area contributed by atoms with E-state index in [1.807, 2.05) is 39.0 Å². The molecule has 1 aromatic carbocycles. The van der Waals surface area contributed by atoms with E-state index in [1.165, 1.54) is 5.56 Å². The number of nitrogens with two attached hydrogens (primary N) is 1. The van der Waals surface area contributed by atoms with Crippen LogP contribution in [0.4, 0.5) is 0 Å². The molecule has 0 aliphatic rings. The van der Waals surface area contributed by atoms with E-state index in [4.69, 9.17) is 17.3 Å². The van der Waals surface area contributed by atoms with Crippen LogP contribution in [0.15, 0.2) is 29.3 Å². The third-order valence-electron chi connectivity index (χ3n) is 3.95. The Bertz CT molecular complexity index is 611. The number of amides is 1. The fourth-order valence-electron chi connectivity index (χ4n) is 2.28. The van der Waals surface area contributed by atoms with Crippen LogP contribution in [0.2, 0.25) is 5.02 Å². The van der Waals surface area contributed by atoms with Gasteiger partial charge in [0.2, 0.25) is 5.91 Å². The zero-order chi connectivity index (χ0) is 19.1. The average molecular weight is 367 g/mol. The lowest BCUT2D eigenvalue weighted by molar-refractivity contribution is -0.125. The molecule has 0 spiro atoms. The van der Waals surface area contributed by atoms with Gasteiger partial charge >= 0.3 is 0 Å². The molecule has 1 aromatic rings. The van der Waals surface area contributed by atoms with Gasteiger partial charge in [-0.25, -0.2) is 0 Å². The number of nitrogens with zero attached hydrogens (tertiary/aromatic N) is 1. The number of rotatable bonds is 8. The molecule has 0 bridgehead atoms. The van der Waals surface area contributed by atoms with Gasteiger partial charge in [-0.1, -0.05) is 37.6 Å². The normalized spacial score (nSPS) is 12.8. The van der Waals surface area contributed by atoms with E-state index in [1.54, 1.807) is 0 Å². The molecule has 0 saturated heterocycles. The molecular weight excluding hydrogens is 336 g/mol. The molecule has 6 heteroatoms. The summed E-state index contributed by atoms with van der Waals surface area (Å²) in [7, 11) is 0. The highest BCUT2D eigenvalue weighted by Gasteiger charge is 2.25. The minimum Gasteiger partial charge on any atom is -0.369 e. The highest BCUT2D eigenvalue weighted by molar-refractivity contribution is 6.30. The van der Waals surface area contributed by atoms with E-state index in [0.29, 0.717) is 19.0 Å². The summed E-state index contributed by atoms with van der Waals surface area (Å²) in [6, 6.07) is 7.92. The Morgan fingerprint density at radius 2 is 1.92 bits per heavy atom. The van der Waals surface area contributed by atoms with Crippen LogP contribution in [-0.4, -0.2) is 31.5 Å². The number of nitrogens with one attached hydrogen (secondary N) is 2. The highest BCUT2D eigenvalue weighted by Crippen LogP contribution is 2.24. The van der Waals surface area contributed by atoms with Crippen molar-refractivity contribution in [3.05, 3.63) is 34.9 Å². The first-order chi connectivity index (χ1) is 11.6. The first kappa shape index (κ1) is 21.3. The number of aliphatic imine (C=N–C) groups is 1. The summed E-state index contributed by atoms with van der Waals surface area (Å²) in [6.45, 7) is 11.8. The van der Waals surface area contributed by atoms with Crippen LogP contribution in [0, 0.1) is 10.8 Å². The van der Waals surface area contributed by atoms with Gasteiger partial charge in [-0.3, -0.25) is 9.79 Å². The molecule has 0 atom stereocenters. The van der Waals surface area contributed by atoms with Gasteiger partial charge in [-0.05, 0) is 50.3 Å². The van der Waals surface area contributed by atoms with Crippen molar-refractivity contribution in [2.75, 3.05) is 19.6 Å². The van der Waals surface area contributed by atoms with Gasteiger partial charge in [0.15, 0.2) is 5.96 Å². The second-order valence-corrected chi connectivity index (χ2v) is 8.20. The zero-order valence-corrected chi connectivity index (χ0v) is 16.7. The summed E-state index contributed by atoms with van der Waals surface area (Å²) in [5.41, 5.74) is 5.96. The Kier molecular flexibility index (Phi) is 7.74. The van der Waals surface area contributed by atoms with Gasteiger partial charge in [0.1, 0.15) is 0 Å². The van der Waals surface area contributed by atoms with Crippen molar-refractivity contribution in [1.29, 1.82) is 0 Å². The van der Waals surface area contributed by atoms with Gasteiger partial charge in [-0.15, -0.1) is 0 Å². The Balaban J connectivity index is 2.72. The first-order valence-electron chi connectivity index (χ1n) is 8.62. The highest BCUT2D eigenvalue weighted by atomic mass is 35.5. The molecule has 0 heterocycles. The fraction of sp³-hybridized carbons (Fsp3) is 0.579. The molecule has 1 amide bonds. The van der Waals surface area contributed by atoms with Crippen molar-refractivity contribution >= 4 is 23.5 Å². The topological polar surface area (TPSA) is 79.5 Å². The third-order valence-corrected chi connectivity index (χ3v) is 4.18. The molecule has 25 heavy (non-hydrogen) atoms. The minimum absolute atomic E-state index is 0.0216. The molecule has 0 aromatic heterocycles. The summed E-state index contributed by atoms with van der Waals surface area (Å²) < 4.78 is 0. The Hall–Kier alpha value is -1.75. The Labute approximate surface area is 156 Å². The molecule has 0 unspecified atom stereocenters. The molecule has 0 aliphatic heterocycles. The maximum Gasteiger partial charge on any atom is 0.224 e. The lowest BCUT2D eigenvalue weighted by Gasteiger charge is -2.25. The number of benzene rings is 1. The number of guanidine groups is 1. The lowest BCUT2D eigenvalue weighted by Crippen LogP contribution is -2.46. The molecule has 1 rings (SSSR count). The molecule has 0 saturated carbocycles. The van der Waals surface area contributed by atoms with Crippen molar-refractivity contribution < 1.29 is 4.79 Å². The van der Waals surface area contributed by atoms with E-state index < -0.39 is 5.41 Å². The quantitative estimate of drug-likeness (QED) is 0.488. The number of carbonyl (C=O) groups is 1. The van der Waals surface area contributed by atoms with Gasteiger partial charge in [0, 0.05) is 24.7 Å². The molecule has 140 valence electrons. The third kappa shape index (κ3) is 7.78. The van der Waals surface area contributed by atoms with E-state index >= 15 is 0 Å². The maximum absolute atomic E-state index is 11.5.